The van der Waals surface area contributed by atoms with E-state index in [4.69, 9.17) is 5.73 Å². The van der Waals surface area contributed by atoms with Gasteiger partial charge >= 0.3 is 0 Å². The first-order chi connectivity index (χ1) is 9.65. The summed E-state index contributed by atoms with van der Waals surface area (Å²) in [6.07, 6.45) is 3.22. The zero-order valence-electron chi connectivity index (χ0n) is 11.3. The van der Waals surface area contributed by atoms with Crippen LogP contribution >= 0.6 is 0 Å². The highest BCUT2D eigenvalue weighted by atomic mass is 19.1. The molecule has 1 aliphatic heterocycles. The number of hydrogen-bond acceptors (Lipinski definition) is 5. The number of nitrogens with one attached hydrogen (secondary N) is 1. The third-order valence-corrected chi connectivity index (χ3v) is 3.75. The van der Waals surface area contributed by atoms with E-state index in [1.807, 2.05) is 0 Å². The second kappa shape index (κ2) is 5.16. The van der Waals surface area contributed by atoms with E-state index in [9.17, 15) is 4.39 Å². The average Bonchev–Trinajstić information content (AvgIpc) is 2.92. The predicted molar refractivity (Wildman–Crippen MR) is 73.6 cm³/mol. The minimum Gasteiger partial charge on any atom is -0.335 e. The van der Waals surface area contributed by atoms with Gasteiger partial charge in [-0.25, -0.2) is 9.37 Å². The van der Waals surface area contributed by atoms with Crippen molar-refractivity contribution in [1.82, 2.24) is 20.2 Å². The molecule has 3 N–H and O–H groups in total. The lowest BCUT2D eigenvalue weighted by atomic mass is 9.99. The molecule has 3 heterocycles. The summed E-state index contributed by atoms with van der Waals surface area (Å²) >= 11 is 0. The molecular weight excluding hydrogens is 259 g/mol. The van der Waals surface area contributed by atoms with Gasteiger partial charge in [-0.05, 0) is 31.9 Å². The topological polar surface area (TPSA) is 83.7 Å². The fourth-order valence-electron chi connectivity index (χ4n) is 2.47. The van der Waals surface area contributed by atoms with Crippen molar-refractivity contribution in [3.05, 3.63) is 24.1 Å². The monoisotopic (exact) mass is 276 g/mol. The van der Waals surface area contributed by atoms with Crippen molar-refractivity contribution >= 4 is 5.95 Å². The van der Waals surface area contributed by atoms with Gasteiger partial charge in [0, 0.05) is 18.6 Å². The number of nitrogens with two attached hydrogens (primary N) is 1. The number of rotatable bonds is 2. The van der Waals surface area contributed by atoms with E-state index in [0.717, 1.165) is 25.6 Å². The van der Waals surface area contributed by atoms with Gasteiger partial charge < -0.3 is 10.6 Å². The summed E-state index contributed by atoms with van der Waals surface area (Å²) in [6.45, 7) is 2.97. The Kier molecular flexibility index (Phi) is 3.35. The van der Waals surface area contributed by atoms with Crippen molar-refractivity contribution in [2.24, 2.45) is 5.73 Å². The Hall–Kier alpha value is -2.02. The first kappa shape index (κ1) is 13.0. The van der Waals surface area contributed by atoms with Crippen molar-refractivity contribution in [2.75, 3.05) is 11.4 Å². The van der Waals surface area contributed by atoms with E-state index in [-0.39, 0.29) is 17.9 Å². The Balaban J connectivity index is 1.84. The number of aromatic nitrogens is 4. The van der Waals surface area contributed by atoms with Gasteiger partial charge in [0.25, 0.3) is 0 Å². The average molecular weight is 276 g/mol. The molecule has 20 heavy (non-hydrogen) atoms. The van der Waals surface area contributed by atoms with Crippen molar-refractivity contribution < 1.29 is 4.39 Å². The number of hydrogen-bond donors (Lipinski definition) is 2. The highest BCUT2D eigenvalue weighted by molar-refractivity contribution is 5.51. The Labute approximate surface area is 116 Å². The largest absolute Gasteiger partial charge is 0.335 e. The standard InChI is InChI=1S/C13H17FN6/c1-8-10(15)3-2-6-20(8)13-17-12(18-19-13)11-5-4-9(14)7-16-11/h4-5,7-8,10H,2-3,6,15H2,1H3,(H,17,18,19). The molecule has 2 aromatic rings. The third-order valence-electron chi connectivity index (χ3n) is 3.75. The van der Waals surface area contributed by atoms with Crippen LogP contribution in [0.2, 0.25) is 0 Å². The van der Waals surface area contributed by atoms with Crippen LogP contribution in [-0.4, -0.2) is 38.8 Å². The van der Waals surface area contributed by atoms with E-state index in [2.05, 4.69) is 32.0 Å². The van der Waals surface area contributed by atoms with Crippen molar-refractivity contribution in [2.45, 2.75) is 31.8 Å². The predicted octanol–water partition coefficient (Wildman–Crippen LogP) is 1.32. The number of H-pyrrole nitrogens is 1. The van der Waals surface area contributed by atoms with E-state index in [1.54, 1.807) is 6.07 Å². The lowest BCUT2D eigenvalue weighted by Gasteiger charge is -2.36. The van der Waals surface area contributed by atoms with Crippen LogP contribution in [0.5, 0.6) is 0 Å². The second-order valence-electron chi connectivity index (χ2n) is 5.09. The van der Waals surface area contributed by atoms with Crippen LogP contribution in [0, 0.1) is 5.82 Å². The molecular formula is C13H17FN6. The number of nitrogens with zero attached hydrogens (tertiary/aromatic N) is 4. The molecule has 0 amide bonds. The number of halogens is 1. The van der Waals surface area contributed by atoms with Crippen molar-refractivity contribution in [3.63, 3.8) is 0 Å². The van der Waals surface area contributed by atoms with Gasteiger partial charge in [0.2, 0.25) is 5.95 Å². The van der Waals surface area contributed by atoms with Crippen molar-refractivity contribution in [1.29, 1.82) is 0 Å². The zero-order chi connectivity index (χ0) is 14.1. The molecule has 2 unspecified atom stereocenters. The van der Waals surface area contributed by atoms with Crippen molar-refractivity contribution in [3.8, 4) is 11.5 Å². The summed E-state index contributed by atoms with van der Waals surface area (Å²) in [4.78, 5) is 10.5. The van der Waals surface area contributed by atoms with Crippen LogP contribution in [0.1, 0.15) is 19.8 Å². The smallest absolute Gasteiger partial charge is 0.245 e. The molecule has 0 bridgehead atoms. The van der Waals surface area contributed by atoms with Gasteiger partial charge in [-0.1, -0.05) is 0 Å². The Bertz CT molecular complexity index is 581. The zero-order valence-corrected chi connectivity index (χ0v) is 11.3. The number of anilines is 1. The summed E-state index contributed by atoms with van der Waals surface area (Å²) in [5.41, 5.74) is 6.65. The maximum atomic E-state index is 12.9. The maximum Gasteiger partial charge on any atom is 0.245 e. The Morgan fingerprint density at radius 3 is 3.05 bits per heavy atom. The Morgan fingerprint density at radius 1 is 1.45 bits per heavy atom. The summed E-state index contributed by atoms with van der Waals surface area (Å²) < 4.78 is 12.9. The summed E-state index contributed by atoms with van der Waals surface area (Å²) in [7, 11) is 0. The molecule has 6 nitrogen and oxygen atoms in total. The molecule has 106 valence electrons. The maximum absolute atomic E-state index is 12.9. The lowest BCUT2D eigenvalue weighted by Crippen LogP contribution is -2.50. The van der Waals surface area contributed by atoms with E-state index in [0.29, 0.717) is 17.5 Å². The minimum atomic E-state index is -0.371. The van der Waals surface area contributed by atoms with Crippen LogP contribution in [0.25, 0.3) is 11.5 Å². The fraction of sp³-hybridized carbons (Fsp3) is 0.462. The van der Waals surface area contributed by atoms with E-state index < -0.39 is 0 Å². The van der Waals surface area contributed by atoms with Gasteiger partial charge in [-0.2, -0.15) is 4.98 Å². The fourth-order valence-corrected chi connectivity index (χ4v) is 2.47. The van der Waals surface area contributed by atoms with Gasteiger partial charge in [-0.3, -0.25) is 5.10 Å². The molecule has 0 aromatic carbocycles. The van der Waals surface area contributed by atoms with Gasteiger partial charge in [0.1, 0.15) is 11.5 Å². The van der Waals surface area contributed by atoms with E-state index in [1.165, 1.54) is 6.07 Å². The van der Waals surface area contributed by atoms with Crippen LogP contribution in [0.15, 0.2) is 18.3 Å². The van der Waals surface area contributed by atoms with Crippen LogP contribution in [-0.2, 0) is 0 Å². The highest BCUT2D eigenvalue weighted by Gasteiger charge is 2.27. The molecule has 0 aliphatic carbocycles. The Morgan fingerprint density at radius 2 is 2.30 bits per heavy atom. The van der Waals surface area contributed by atoms with Gasteiger partial charge in [0.05, 0.1) is 6.20 Å². The third kappa shape index (κ3) is 2.36. The van der Waals surface area contributed by atoms with Gasteiger partial charge in [0.15, 0.2) is 5.82 Å². The molecule has 2 aromatic heterocycles. The molecule has 1 aliphatic rings. The number of pyridine rings is 1. The first-order valence-corrected chi connectivity index (χ1v) is 6.71. The van der Waals surface area contributed by atoms with Crippen LogP contribution < -0.4 is 10.6 Å². The molecule has 1 fully saturated rings. The molecule has 7 heteroatoms. The molecule has 2 atom stereocenters. The van der Waals surface area contributed by atoms with Gasteiger partial charge in [-0.15, -0.1) is 5.10 Å². The molecule has 3 rings (SSSR count). The quantitative estimate of drug-likeness (QED) is 0.864. The highest BCUT2D eigenvalue weighted by Crippen LogP contribution is 2.22. The number of piperidine rings is 1. The van der Waals surface area contributed by atoms with E-state index >= 15 is 0 Å². The first-order valence-electron chi connectivity index (χ1n) is 6.71. The van der Waals surface area contributed by atoms with Crippen LogP contribution in [0.3, 0.4) is 0 Å². The summed E-state index contributed by atoms with van der Waals surface area (Å²) in [6, 6.07) is 3.26. The molecule has 0 radical (unpaired) electrons. The normalized spacial score (nSPS) is 23.1. The molecule has 0 saturated carbocycles. The lowest BCUT2D eigenvalue weighted by molar-refractivity contribution is 0.416. The number of aromatic amines is 1. The summed E-state index contributed by atoms with van der Waals surface area (Å²) in [5.74, 6) is 0.782. The SMILES string of the molecule is CC1C(N)CCCN1c1n[nH]c(-c2ccc(F)cn2)n1. The summed E-state index contributed by atoms with van der Waals surface area (Å²) in [5, 5.41) is 7.07. The molecule has 1 saturated heterocycles. The van der Waals surface area contributed by atoms with Crippen LogP contribution in [0.4, 0.5) is 10.3 Å². The second-order valence-corrected chi connectivity index (χ2v) is 5.09. The molecule has 0 spiro atoms. The minimum absolute atomic E-state index is 0.134.